The molecule has 1 aromatic carbocycles. The molecule has 0 aliphatic rings. The van der Waals surface area contributed by atoms with Gasteiger partial charge >= 0.3 is 5.97 Å². The Morgan fingerprint density at radius 3 is 2.84 bits per heavy atom. The van der Waals surface area contributed by atoms with Gasteiger partial charge in [-0.2, -0.15) is 0 Å². The van der Waals surface area contributed by atoms with Crippen LogP contribution < -0.4 is 0 Å². The van der Waals surface area contributed by atoms with Crippen LogP contribution in [0.1, 0.15) is 11.1 Å². The summed E-state index contributed by atoms with van der Waals surface area (Å²) >= 11 is 5.09. The number of hydrogen-bond donors (Lipinski definition) is 0. The smallest absolute Gasteiger partial charge is 0.341 e. The number of hydrogen-bond acceptors (Lipinski definition) is 4. The maximum atomic E-state index is 11.8. The van der Waals surface area contributed by atoms with Crippen molar-refractivity contribution in [3.05, 3.63) is 41.0 Å². The number of methoxy groups -OCH3 is 2. The minimum atomic E-state index is -0.397. The van der Waals surface area contributed by atoms with E-state index in [1.165, 1.54) is 30.7 Å². The lowest BCUT2D eigenvalue weighted by molar-refractivity contribution is -0.133. The van der Waals surface area contributed by atoms with Crippen LogP contribution in [0.2, 0.25) is 0 Å². The summed E-state index contributed by atoms with van der Waals surface area (Å²) in [5, 5.41) is 3.78. The largest absolute Gasteiger partial charge is 0.503 e. The third kappa shape index (κ3) is 2.67. The molecule has 3 nitrogen and oxygen atoms in total. The van der Waals surface area contributed by atoms with E-state index < -0.39 is 5.97 Å². The molecule has 1 aromatic heterocycles. The van der Waals surface area contributed by atoms with Crippen molar-refractivity contribution >= 4 is 48.9 Å². The lowest BCUT2D eigenvalue weighted by Crippen LogP contribution is -2.04. The Balaban J connectivity index is 2.62. The highest BCUT2D eigenvalue weighted by Gasteiger charge is 2.18. The van der Waals surface area contributed by atoms with Crippen molar-refractivity contribution in [3.63, 3.8) is 0 Å². The van der Waals surface area contributed by atoms with Crippen LogP contribution in [0.3, 0.4) is 0 Å². The van der Waals surface area contributed by atoms with Crippen molar-refractivity contribution in [2.45, 2.75) is 5.33 Å². The van der Waals surface area contributed by atoms with Crippen molar-refractivity contribution in [1.29, 1.82) is 0 Å². The van der Waals surface area contributed by atoms with Crippen LogP contribution in [-0.4, -0.2) is 20.2 Å². The van der Waals surface area contributed by atoms with Crippen molar-refractivity contribution in [1.82, 2.24) is 0 Å². The van der Waals surface area contributed by atoms with Gasteiger partial charge in [0.25, 0.3) is 0 Å². The van der Waals surface area contributed by atoms with Crippen molar-refractivity contribution < 1.29 is 14.3 Å². The summed E-state index contributed by atoms with van der Waals surface area (Å²) in [6.45, 7) is 0. The molecule has 0 unspecified atom stereocenters. The zero-order chi connectivity index (χ0) is 13.8. The Labute approximate surface area is 124 Å². The number of rotatable bonds is 4. The molecule has 2 rings (SSSR count). The zero-order valence-corrected chi connectivity index (χ0v) is 13.0. The molecule has 100 valence electrons. The van der Waals surface area contributed by atoms with Crippen LogP contribution in [0.25, 0.3) is 15.7 Å². The molecular formula is C14H13BrO3S. The van der Waals surface area contributed by atoms with Gasteiger partial charge in [0.05, 0.1) is 20.5 Å². The Morgan fingerprint density at radius 2 is 2.21 bits per heavy atom. The molecule has 0 bridgehead atoms. The van der Waals surface area contributed by atoms with Gasteiger partial charge in [-0.1, -0.05) is 34.1 Å². The average Bonchev–Trinajstić information content (AvgIpc) is 2.87. The second-order valence-corrected chi connectivity index (χ2v) is 5.28. The fraction of sp³-hybridized carbons (Fsp3) is 0.214. The third-order valence-corrected chi connectivity index (χ3v) is 4.43. The lowest BCUT2D eigenvalue weighted by Gasteiger charge is -2.05. The Kier molecular flexibility index (Phi) is 4.61. The van der Waals surface area contributed by atoms with Crippen molar-refractivity contribution in [2.24, 2.45) is 0 Å². The van der Waals surface area contributed by atoms with Gasteiger partial charge in [-0.25, -0.2) is 4.79 Å². The van der Waals surface area contributed by atoms with Crippen molar-refractivity contribution in [2.75, 3.05) is 14.2 Å². The van der Waals surface area contributed by atoms with Gasteiger partial charge in [0.1, 0.15) is 5.57 Å². The van der Waals surface area contributed by atoms with Gasteiger partial charge < -0.3 is 9.47 Å². The predicted molar refractivity (Wildman–Crippen MR) is 81.5 cm³/mol. The molecule has 0 saturated carbocycles. The van der Waals surface area contributed by atoms with Gasteiger partial charge in [0.2, 0.25) is 0 Å². The minimum absolute atomic E-state index is 0.397. The second-order valence-electron chi connectivity index (χ2n) is 3.84. The number of carbonyl (C=O) groups is 1. The third-order valence-electron chi connectivity index (χ3n) is 2.76. The van der Waals surface area contributed by atoms with Gasteiger partial charge in [0, 0.05) is 26.4 Å². The summed E-state index contributed by atoms with van der Waals surface area (Å²) in [5.41, 5.74) is 2.48. The van der Waals surface area contributed by atoms with Crippen LogP contribution in [-0.2, 0) is 19.6 Å². The number of halogens is 1. The van der Waals surface area contributed by atoms with E-state index in [-0.39, 0.29) is 0 Å². The summed E-state index contributed by atoms with van der Waals surface area (Å²) in [6, 6.07) is 6.05. The van der Waals surface area contributed by atoms with Crippen LogP contribution in [0, 0.1) is 0 Å². The Bertz CT molecular complexity index is 631. The summed E-state index contributed by atoms with van der Waals surface area (Å²) in [5.74, 6) is -0.397. The van der Waals surface area contributed by atoms with Crippen LogP contribution in [0.4, 0.5) is 0 Å². The fourth-order valence-corrected chi connectivity index (χ4v) is 3.62. The number of ether oxygens (including phenoxy) is 2. The molecule has 19 heavy (non-hydrogen) atoms. The molecule has 0 atom stereocenters. The molecule has 0 aliphatic carbocycles. The number of benzene rings is 1. The normalized spacial score (nSPS) is 11.6. The molecule has 0 fully saturated rings. The van der Waals surface area contributed by atoms with E-state index in [1.807, 2.05) is 17.5 Å². The highest BCUT2D eigenvalue weighted by atomic mass is 79.9. The number of fused-ring (bicyclic) bond motifs is 1. The predicted octanol–water partition coefficient (Wildman–Crippen LogP) is 3.96. The first-order valence-electron chi connectivity index (χ1n) is 5.59. The molecule has 0 N–H and O–H groups in total. The zero-order valence-electron chi connectivity index (χ0n) is 10.6. The van der Waals surface area contributed by atoms with E-state index in [4.69, 9.17) is 9.47 Å². The van der Waals surface area contributed by atoms with E-state index in [0.717, 1.165) is 16.3 Å². The van der Waals surface area contributed by atoms with E-state index in [2.05, 4.69) is 22.0 Å². The first-order chi connectivity index (χ1) is 9.22. The lowest BCUT2D eigenvalue weighted by atomic mass is 10.0. The molecule has 0 aliphatic heterocycles. The molecule has 2 aromatic rings. The van der Waals surface area contributed by atoms with Gasteiger partial charge in [-0.3, -0.25) is 0 Å². The topological polar surface area (TPSA) is 35.5 Å². The average molecular weight is 341 g/mol. The van der Waals surface area contributed by atoms with Gasteiger partial charge in [0.15, 0.2) is 0 Å². The monoisotopic (exact) mass is 340 g/mol. The number of thiophene rings is 1. The number of esters is 1. The molecule has 0 spiro atoms. The Morgan fingerprint density at radius 1 is 1.42 bits per heavy atom. The summed E-state index contributed by atoms with van der Waals surface area (Å²) in [6.07, 6.45) is 1.42. The molecule has 5 heteroatoms. The number of carbonyl (C=O) groups excluding carboxylic acids is 1. The summed E-state index contributed by atoms with van der Waals surface area (Å²) in [7, 11) is 2.88. The van der Waals surface area contributed by atoms with Gasteiger partial charge in [-0.15, -0.1) is 11.3 Å². The standard InChI is InChI=1S/C14H13BrO3S/c1-17-7-11(14(16)18-2)12-8-19-13-9(6-15)4-3-5-10(12)13/h3-5,7-8H,6H2,1-2H3. The fourth-order valence-electron chi connectivity index (χ4n) is 1.88. The van der Waals surface area contributed by atoms with Crippen LogP contribution in [0.5, 0.6) is 0 Å². The van der Waals surface area contributed by atoms with E-state index in [0.29, 0.717) is 5.57 Å². The molecule has 0 amide bonds. The second kappa shape index (κ2) is 6.21. The van der Waals surface area contributed by atoms with Crippen LogP contribution >= 0.6 is 27.3 Å². The molecule has 0 radical (unpaired) electrons. The molecular weight excluding hydrogens is 328 g/mol. The van der Waals surface area contributed by atoms with Gasteiger partial charge in [-0.05, 0) is 5.56 Å². The first-order valence-corrected chi connectivity index (χ1v) is 7.59. The number of alkyl halides is 1. The highest BCUT2D eigenvalue weighted by molar-refractivity contribution is 9.08. The van der Waals surface area contributed by atoms with E-state index in [9.17, 15) is 4.79 Å². The Hall–Kier alpha value is -1.33. The van der Waals surface area contributed by atoms with Crippen molar-refractivity contribution in [3.8, 4) is 0 Å². The van der Waals surface area contributed by atoms with E-state index >= 15 is 0 Å². The SMILES string of the molecule is COC=C(C(=O)OC)c1csc2c(CBr)cccc12. The highest BCUT2D eigenvalue weighted by Crippen LogP contribution is 2.34. The minimum Gasteiger partial charge on any atom is -0.503 e. The summed E-state index contributed by atoms with van der Waals surface area (Å²) < 4.78 is 11.0. The first kappa shape index (κ1) is 14.1. The summed E-state index contributed by atoms with van der Waals surface area (Å²) in [4.78, 5) is 11.8. The maximum absolute atomic E-state index is 11.8. The maximum Gasteiger partial charge on any atom is 0.341 e. The van der Waals surface area contributed by atoms with E-state index in [1.54, 1.807) is 11.3 Å². The molecule has 0 saturated heterocycles. The van der Waals surface area contributed by atoms with Crippen LogP contribution in [0.15, 0.2) is 29.8 Å². The quantitative estimate of drug-likeness (QED) is 0.366. The molecule has 1 heterocycles.